The second-order valence-corrected chi connectivity index (χ2v) is 9.81. The van der Waals surface area contributed by atoms with Gasteiger partial charge in [0.2, 0.25) is 10.0 Å². The van der Waals surface area contributed by atoms with E-state index >= 15 is 0 Å². The Kier molecular flexibility index (Phi) is 6.82. The maximum atomic E-state index is 12.0. The molecule has 1 aliphatic carbocycles. The molecule has 0 radical (unpaired) electrons. The largest absolute Gasteiger partial charge is 0.508 e. The van der Waals surface area contributed by atoms with Gasteiger partial charge in [-0.05, 0) is 62.6 Å². The van der Waals surface area contributed by atoms with Crippen molar-refractivity contribution in [1.82, 2.24) is 14.9 Å². The lowest BCUT2D eigenvalue weighted by molar-refractivity contribution is 0.306. The lowest BCUT2D eigenvalue weighted by atomic mass is 9.88. The molecule has 0 unspecified atom stereocenters. The molecule has 0 bridgehead atoms. The molecule has 3 rings (SSSR count). The molecule has 7 nitrogen and oxygen atoms in total. The zero-order chi connectivity index (χ0) is 20.1. The predicted molar refractivity (Wildman–Crippen MR) is 112 cm³/mol. The van der Waals surface area contributed by atoms with Crippen LogP contribution in [0.25, 0.3) is 0 Å². The van der Waals surface area contributed by atoms with Crippen LogP contribution < -0.4 is 10.6 Å². The molecule has 28 heavy (non-hydrogen) atoms. The third kappa shape index (κ3) is 4.78. The monoisotopic (exact) mass is 408 g/mol. The number of nitrogens with zero attached hydrogens (tertiary/aromatic N) is 2. The lowest BCUT2D eigenvalue weighted by Gasteiger charge is -2.32. The molecule has 1 aliphatic heterocycles. The molecule has 1 fully saturated rings. The topological polar surface area (TPSA) is 94.0 Å². The lowest BCUT2D eigenvalue weighted by Crippen LogP contribution is -2.49. The summed E-state index contributed by atoms with van der Waals surface area (Å²) in [7, 11) is -1.38. The fourth-order valence-electron chi connectivity index (χ4n) is 4.11. The normalized spacial score (nSPS) is 19.3. The van der Waals surface area contributed by atoms with E-state index in [0.29, 0.717) is 31.3 Å². The van der Waals surface area contributed by atoms with Crippen molar-refractivity contribution >= 4 is 16.0 Å². The van der Waals surface area contributed by atoms with Gasteiger partial charge >= 0.3 is 0 Å². The second-order valence-electron chi connectivity index (χ2n) is 7.55. The number of hydrogen-bond acceptors (Lipinski definition) is 4. The smallest absolute Gasteiger partial charge is 0.213 e. The third-order valence-electron chi connectivity index (χ3n) is 5.84. The molecular formula is C20H32N4O3S. The predicted octanol–water partition coefficient (Wildman–Crippen LogP) is 1.75. The number of phenolic OH excluding ortho intramolecular Hbond substituents is 1. The number of aromatic hydroxyl groups is 1. The standard InChI is InChI=1S/C20H32N4O3S/c1-3-28(26,27)24-12-10-16(11-13-24)23-20(21-2)22-14-18-17-7-5-4-6-15(17)8-9-19(18)25/h8-9,16,25H,3-7,10-14H2,1-2H3,(H2,21,22,23). The molecule has 0 saturated carbocycles. The Hall–Kier alpha value is -1.80. The van der Waals surface area contributed by atoms with Crippen LogP contribution in [0, 0.1) is 0 Å². The molecule has 8 heteroatoms. The number of benzene rings is 1. The Morgan fingerprint density at radius 1 is 1.25 bits per heavy atom. The van der Waals surface area contributed by atoms with E-state index < -0.39 is 10.0 Å². The minimum Gasteiger partial charge on any atom is -0.508 e. The molecule has 0 atom stereocenters. The van der Waals surface area contributed by atoms with Gasteiger partial charge in [0.15, 0.2) is 5.96 Å². The fraction of sp³-hybridized carbons (Fsp3) is 0.650. The van der Waals surface area contributed by atoms with Gasteiger partial charge in [-0.2, -0.15) is 0 Å². The van der Waals surface area contributed by atoms with E-state index in [2.05, 4.69) is 15.6 Å². The number of piperidine rings is 1. The van der Waals surface area contributed by atoms with E-state index in [9.17, 15) is 13.5 Å². The third-order valence-corrected chi connectivity index (χ3v) is 7.72. The van der Waals surface area contributed by atoms with Crippen molar-refractivity contribution in [3.05, 3.63) is 28.8 Å². The number of hydrogen-bond donors (Lipinski definition) is 3. The summed E-state index contributed by atoms with van der Waals surface area (Å²) in [4.78, 5) is 4.30. The Morgan fingerprint density at radius 2 is 1.96 bits per heavy atom. The highest BCUT2D eigenvalue weighted by Crippen LogP contribution is 2.30. The Morgan fingerprint density at radius 3 is 2.64 bits per heavy atom. The van der Waals surface area contributed by atoms with Crippen molar-refractivity contribution in [3.63, 3.8) is 0 Å². The zero-order valence-electron chi connectivity index (χ0n) is 16.9. The first-order valence-electron chi connectivity index (χ1n) is 10.2. The van der Waals surface area contributed by atoms with Gasteiger partial charge in [0.25, 0.3) is 0 Å². The SMILES string of the molecule is CCS(=O)(=O)N1CCC(NC(=NC)NCc2c(O)ccc3c2CCCC3)CC1. The fourth-order valence-corrected chi connectivity index (χ4v) is 5.24. The average Bonchev–Trinajstić information content (AvgIpc) is 2.72. The summed E-state index contributed by atoms with van der Waals surface area (Å²) in [5.74, 6) is 1.17. The van der Waals surface area contributed by atoms with E-state index in [-0.39, 0.29) is 11.8 Å². The van der Waals surface area contributed by atoms with Gasteiger partial charge in [-0.1, -0.05) is 6.07 Å². The first kappa shape index (κ1) is 20.9. The van der Waals surface area contributed by atoms with Crippen molar-refractivity contribution in [2.75, 3.05) is 25.9 Å². The highest BCUT2D eigenvalue weighted by atomic mass is 32.2. The number of aliphatic imine (C=N–C) groups is 1. The van der Waals surface area contributed by atoms with E-state index in [1.54, 1.807) is 24.3 Å². The zero-order valence-corrected chi connectivity index (χ0v) is 17.7. The maximum absolute atomic E-state index is 12.0. The summed E-state index contributed by atoms with van der Waals surface area (Å²) < 4.78 is 25.6. The molecule has 1 heterocycles. The van der Waals surface area contributed by atoms with Gasteiger partial charge in [0, 0.05) is 38.3 Å². The van der Waals surface area contributed by atoms with Crippen LogP contribution in [-0.4, -0.2) is 55.7 Å². The van der Waals surface area contributed by atoms with Crippen molar-refractivity contribution < 1.29 is 13.5 Å². The molecule has 0 amide bonds. The number of phenols is 1. The molecule has 156 valence electrons. The molecule has 0 spiro atoms. The summed E-state index contributed by atoms with van der Waals surface area (Å²) >= 11 is 0. The van der Waals surface area contributed by atoms with Gasteiger partial charge < -0.3 is 15.7 Å². The van der Waals surface area contributed by atoms with Crippen molar-refractivity contribution in [2.45, 2.75) is 58.0 Å². The molecule has 0 aromatic heterocycles. The summed E-state index contributed by atoms with van der Waals surface area (Å²) in [6.45, 7) is 3.29. The number of sulfonamides is 1. The second kappa shape index (κ2) is 9.13. The maximum Gasteiger partial charge on any atom is 0.213 e. The number of guanidine groups is 1. The van der Waals surface area contributed by atoms with Gasteiger partial charge in [-0.15, -0.1) is 0 Å². The first-order chi connectivity index (χ1) is 13.4. The van der Waals surface area contributed by atoms with E-state index in [0.717, 1.165) is 37.7 Å². The summed E-state index contributed by atoms with van der Waals surface area (Å²) in [5.41, 5.74) is 3.57. The Bertz CT molecular complexity index is 815. The number of aryl methyl sites for hydroxylation is 1. The van der Waals surface area contributed by atoms with E-state index in [1.807, 2.05) is 6.07 Å². The minimum absolute atomic E-state index is 0.152. The summed E-state index contributed by atoms with van der Waals surface area (Å²) in [5, 5.41) is 17.1. The van der Waals surface area contributed by atoms with Crippen LogP contribution >= 0.6 is 0 Å². The number of rotatable bonds is 5. The van der Waals surface area contributed by atoms with Crippen molar-refractivity contribution in [2.24, 2.45) is 4.99 Å². The highest BCUT2D eigenvalue weighted by molar-refractivity contribution is 7.89. The average molecular weight is 409 g/mol. The quantitative estimate of drug-likeness (QED) is 0.510. The van der Waals surface area contributed by atoms with Crippen molar-refractivity contribution in [1.29, 1.82) is 0 Å². The molecule has 3 N–H and O–H groups in total. The van der Waals surface area contributed by atoms with Gasteiger partial charge in [0.1, 0.15) is 5.75 Å². The van der Waals surface area contributed by atoms with Crippen molar-refractivity contribution in [3.8, 4) is 5.75 Å². The molecule has 2 aliphatic rings. The summed E-state index contributed by atoms with van der Waals surface area (Å²) in [6, 6.07) is 4.02. The van der Waals surface area contributed by atoms with Crippen LogP contribution in [0.1, 0.15) is 49.3 Å². The van der Waals surface area contributed by atoms with Crippen LogP contribution in [0.5, 0.6) is 5.75 Å². The molecular weight excluding hydrogens is 376 g/mol. The van der Waals surface area contributed by atoms with Crippen LogP contribution in [0.2, 0.25) is 0 Å². The molecule has 1 saturated heterocycles. The van der Waals surface area contributed by atoms with Crippen LogP contribution in [0.3, 0.4) is 0 Å². The first-order valence-corrected chi connectivity index (χ1v) is 11.8. The number of nitrogens with one attached hydrogen (secondary N) is 2. The van der Waals surface area contributed by atoms with Gasteiger partial charge in [0.05, 0.1) is 5.75 Å². The van der Waals surface area contributed by atoms with Gasteiger partial charge in [-0.25, -0.2) is 12.7 Å². The summed E-state index contributed by atoms with van der Waals surface area (Å²) in [6.07, 6.45) is 5.97. The van der Waals surface area contributed by atoms with Crippen LogP contribution in [0.4, 0.5) is 0 Å². The Labute approximate surface area is 168 Å². The molecule has 1 aromatic rings. The van der Waals surface area contributed by atoms with Crippen LogP contribution in [0.15, 0.2) is 17.1 Å². The number of fused-ring (bicyclic) bond motifs is 1. The van der Waals surface area contributed by atoms with Crippen LogP contribution in [-0.2, 0) is 29.4 Å². The highest BCUT2D eigenvalue weighted by Gasteiger charge is 2.27. The minimum atomic E-state index is -3.11. The molecule has 1 aromatic carbocycles. The Balaban J connectivity index is 1.57. The van der Waals surface area contributed by atoms with E-state index in [4.69, 9.17) is 0 Å². The van der Waals surface area contributed by atoms with Gasteiger partial charge in [-0.3, -0.25) is 4.99 Å². The van der Waals surface area contributed by atoms with E-state index in [1.165, 1.54) is 17.5 Å².